The van der Waals surface area contributed by atoms with Gasteiger partial charge in [0.05, 0.1) is 0 Å². The summed E-state index contributed by atoms with van der Waals surface area (Å²) < 4.78 is 1.57. The first-order chi connectivity index (χ1) is 9.09. The topological polar surface area (TPSA) is 0 Å². The van der Waals surface area contributed by atoms with E-state index in [1.807, 2.05) is 0 Å². The molecule has 1 unspecified atom stereocenters. The van der Waals surface area contributed by atoms with Gasteiger partial charge >= 0.3 is 130 Å². The second kappa shape index (κ2) is 11.1. The van der Waals surface area contributed by atoms with Crippen molar-refractivity contribution in [3.05, 3.63) is 51.1 Å². The van der Waals surface area contributed by atoms with Crippen LogP contribution in [0.25, 0.3) is 0 Å². The van der Waals surface area contributed by atoms with E-state index in [-0.39, 0.29) is 37.2 Å². The first-order valence-corrected chi connectivity index (χ1v) is 10.8. The minimum atomic E-state index is -1.52. The molecule has 0 nitrogen and oxygen atoms in total. The fourth-order valence-corrected chi connectivity index (χ4v) is 8.04. The summed E-state index contributed by atoms with van der Waals surface area (Å²) in [4.78, 5) is 0. The van der Waals surface area contributed by atoms with Crippen LogP contribution in [0.2, 0.25) is 12.6 Å². The van der Waals surface area contributed by atoms with Crippen LogP contribution in [-0.2, 0) is 20.4 Å². The van der Waals surface area contributed by atoms with Crippen LogP contribution in [0, 0.1) is 0 Å². The molecular formula is C17H23Cl3SiTi. The van der Waals surface area contributed by atoms with Crippen LogP contribution < -0.4 is 42.4 Å². The summed E-state index contributed by atoms with van der Waals surface area (Å²) in [6, 6.07) is 12.6. The van der Waals surface area contributed by atoms with Gasteiger partial charge in [-0.05, 0) is 0 Å². The fourth-order valence-electron chi connectivity index (χ4n) is 3.08. The monoisotopic (exact) mass is 408 g/mol. The summed E-state index contributed by atoms with van der Waals surface area (Å²) in [5.41, 5.74) is 1.58. The van der Waals surface area contributed by atoms with Crippen molar-refractivity contribution in [1.29, 1.82) is 0 Å². The van der Waals surface area contributed by atoms with Crippen molar-refractivity contribution >= 4 is 13.3 Å². The van der Waals surface area contributed by atoms with E-state index in [2.05, 4.69) is 77.2 Å². The average molecular weight is 410 g/mol. The number of benzene rings is 1. The molecule has 120 valence electrons. The van der Waals surface area contributed by atoms with E-state index < -0.39 is 8.07 Å². The number of allylic oxidation sites excluding steroid dienone is 4. The molecule has 0 aliphatic heterocycles. The van der Waals surface area contributed by atoms with Crippen LogP contribution in [0.1, 0.15) is 33.1 Å². The third-order valence-electron chi connectivity index (χ3n) is 4.40. The van der Waals surface area contributed by atoms with Crippen LogP contribution in [0.3, 0.4) is 0 Å². The molecule has 0 bridgehead atoms. The normalized spacial score (nSPS) is 16.0. The fraction of sp³-hybridized carbons (Fsp3) is 0.412. The molecule has 22 heavy (non-hydrogen) atoms. The Morgan fingerprint density at radius 3 is 2.14 bits per heavy atom. The van der Waals surface area contributed by atoms with Crippen LogP contribution in [0.4, 0.5) is 0 Å². The maximum absolute atomic E-state index is 2.56. The van der Waals surface area contributed by atoms with Gasteiger partial charge in [-0.25, -0.2) is 0 Å². The van der Waals surface area contributed by atoms with Gasteiger partial charge in [-0.3, -0.25) is 0 Å². The van der Waals surface area contributed by atoms with Crippen LogP contribution in [-0.4, -0.2) is 8.07 Å². The Hall–Kier alpha value is 0.501. The Labute approximate surface area is 166 Å². The molecule has 0 fully saturated rings. The smallest absolute Gasteiger partial charge is 1.00 e. The van der Waals surface area contributed by atoms with Crippen LogP contribution in [0.5, 0.6) is 0 Å². The number of halogens is 3. The molecule has 0 saturated heterocycles. The van der Waals surface area contributed by atoms with Crippen LogP contribution >= 0.6 is 0 Å². The van der Waals surface area contributed by atoms with Gasteiger partial charge in [0.15, 0.2) is 0 Å². The van der Waals surface area contributed by atoms with Crippen molar-refractivity contribution in [2.45, 2.75) is 45.7 Å². The molecular weight excluding hydrogens is 386 g/mol. The standard InChI is InChI=1S/C17H23Si.3ClH.Ti/c1-4-5-14-18(3,16-11-7-6-8-12-16)17-13-9-10-15(17)2;;;;/h6-8,11-13H,4-5,9,14H2,1-3H3;3*1H;/q;;;;+3/p-3. The Bertz CT molecular complexity index is 514. The van der Waals surface area contributed by atoms with Crippen molar-refractivity contribution in [1.82, 2.24) is 0 Å². The van der Waals surface area contributed by atoms with E-state index in [1.165, 1.54) is 25.3 Å². The maximum atomic E-state index is 2.56. The summed E-state index contributed by atoms with van der Waals surface area (Å²) >= 11 is 2.29. The van der Waals surface area contributed by atoms with Gasteiger partial charge in [-0.1, -0.05) is 0 Å². The summed E-state index contributed by atoms with van der Waals surface area (Å²) in [6.07, 6.45) is 6.33. The first kappa shape index (κ1) is 24.7. The second-order valence-corrected chi connectivity index (χ2v) is 10.9. The van der Waals surface area contributed by atoms with Crippen molar-refractivity contribution in [2.24, 2.45) is 0 Å². The Morgan fingerprint density at radius 1 is 1.09 bits per heavy atom. The largest absolute Gasteiger partial charge is 1.00 e. The Balaban J connectivity index is 0. The SMILES string of the molecule is CCCC[Si](C)(C1=CC[C]([Ti+3])=C1C)c1ccccc1.[Cl-].[Cl-].[Cl-]. The predicted molar refractivity (Wildman–Crippen MR) is 82.8 cm³/mol. The molecule has 0 spiro atoms. The maximum Gasteiger partial charge on any atom is -1.00 e. The molecule has 1 aliphatic rings. The quantitative estimate of drug-likeness (QED) is 0.430. The van der Waals surface area contributed by atoms with Crippen LogP contribution in [0.15, 0.2) is 51.1 Å². The zero-order chi connectivity index (χ0) is 13.9. The Kier molecular flexibility index (Phi) is 12.5. The van der Waals surface area contributed by atoms with Crippen molar-refractivity contribution in [2.75, 3.05) is 0 Å². The van der Waals surface area contributed by atoms with Gasteiger partial charge in [0.1, 0.15) is 0 Å². The molecule has 1 aliphatic carbocycles. The van der Waals surface area contributed by atoms with E-state index in [0.29, 0.717) is 0 Å². The third-order valence-corrected chi connectivity index (χ3v) is 10.0. The molecule has 5 heteroatoms. The first-order valence-electron chi connectivity index (χ1n) is 7.27. The zero-order valence-electron chi connectivity index (χ0n) is 13.4. The molecule has 2 rings (SSSR count). The molecule has 1 atom stereocenters. The van der Waals surface area contributed by atoms with Crippen molar-refractivity contribution in [3.63, 3.8) is 0 Å². The van der Waals surface area contributed by atoms with Crippen molar-refractivity contribution in [3.8, 4) is 0 Å². The minimum absolute atomic E-state index is 0. The zero-order valence-corrected chi connectivity index (χ0v) is 18.3. The second-order valence-electron chi connectivity index (χ2n) is 5.73. The molecule has 0 aromatic heterocycles. The van der Waals surface area contributed by atoms with E-state index in [4.69, 9.17) is 0 Å². The molecule has 0 N–H and O–H groups in total. The number of hydrogen-bond donors (Lipinski definition) is 0. The molecule has 1 aromatic rings. The van der Waals surface area contributed by atoms with Gasteiger partial charge in [-0.2, -0.15) is 0 Å². The molecule has 0 radical (unpaired) electrons. The van der Waals surface area contributed by atoms with E-state index in [1.54, 1.807) is 19.8 Å². The number of unbranched alkanes of at least 4 members (excludes halogenated alkanes) is 1. The molecule has 1 aromatic carbocycles. The summed E-state index contributed by atoms with van der Waals surface area (Å²) in [5.74, 6) is 0. The predicted octanol–water partition coefficient (Wildman–Crippen LogP) is -4.53. The van der Waals surface area contributed by atoms with E-state index >= 15 is 0 Å². The van der Waals surface area contributed by atoms with Gasteiger partial charge in [0.2, 0.25) is 0 Å². The summed E-state index contributed by atoms with van der Waals surface area (Å²) in [7, 11) is -1.52. The molecule has 0 amide bonds. The average Bonchev–Trinajstić information content (AvgIpc) is 2.78. The van der Waals surface area contributed by atoms with E-state index in [0.717, 1.165) is 0 Å². The molecule has 0 heterocycles. The van der Waals surface area contributed by atoms with Gasteiger partial charge in [-0.15, -0.1) is 0 Å². The number of rotatable bonds is 5. The summed E-state index contributed by atoms with van der Waals surface area (Å²) in [5, 5.41) is 3.30. The van der Waals surface area contributed by atoms with Gasteiger partial charge in [0.25, 0.3) is 0 Å². The minimum Gasteiger partial charge on any atom is -1.00 e. The Morgan fingerprint density at radius 2 is 1.68 bits per heavy atom. The van der Waals surface area contributed by atoms with Crippen molar-refractivity contribution < 1.29 is 57.7 Å². The van der Waals surface area contributed by atoms with E-state index in [9.17, 15) is 0 Å². The number of hydrogen-bond acceptors (Lipinski definition) is 0. The third kappa shape index (κ3) is 5.26. The molecule has 0 saturated carbocycles. The van der Waals surface area contributed by atoms with Gasteiger partial charge < -0.3 is 37.2 Å². The van der Waals surface area contributed by atoms with Gasteiger partial charge in [0, 0.05) is 0 Å². The summed E-state index contributed by atoms with van der Waals surface area (Å²) in [6.45, 7) is 7.19.